The summed E-state index contributed by atoms with van der Waals surface area (Å²) in [5.41, 5.74) is 5.07. The summed E-state index contributed by atoms with van der Waals surface area (Å²) in [6.07, 6.45) is 3.76. The summed E-state index contributed by atoms with van der Waals surface area (Å²) >= 11 is 0. The van der Waals surface area contributed by atoms with Crippen molar-refractivity contribution in [3.05, 3.63) is 0 Å². The summed E-state index contributed by atoms with van der Waals surface area (Å²) in [5.74, 6) is -0.318. The van der Waals surface area contributed by atoms with Crippen LogP contribution in [0.3, 0.4) is 0 Å². The average molecular weight is 143 g/mol. The molecule has 0 saturated carbocycles. The standard InChI is InChI=1S/C7H13NO2/c8-7(9)6-4-2-1-3-5-10-6/h6H,1-5H2,(H2,8,9). The van der Waals surface area contributed by atoms with Crippen molar-refractivity contribution < 1.29 is 9.53 Å². The molecular weight excluding hydrogens is 130 g/mol. The first-order chi connectivity index (χ1) is 4.80. The maximum absolute atomic E-state index is 10.6. The van der Waals surface area contributed by atoms with Gasteiger partial charge in [-0.2, -0.15) is 0 Å². The molecule has 1 rings (SSSR count). The van der Waals surface area contributed by atoms with Crippen LogP contribution in [0.2, 0.25) is 0 Å². The van der Waals surface area contributed by atoms with E-state index in [4.69, 9.17) is 10.5 Å². The number of rotatable bonds is 1. The van der Waals surface area contributed by atoms with Gasteiger partial charge in [-0.15, -0.1) is 0 Å². The van der Waals surface area contributed by atoms with Gasteiger partial charge in [-0.1, -0.05) is 12.8 Å². The summed E-state index contributed by atoms with van der Waals surface area (Å²) < 4.78 is 5.19. The molecule has 1 atom stereocenters. The molecule has 0 aliphatic carbocycles. The van der Waals surface area contributed by atoms with Gasteiger partial charge in [0.1, 0.15) is 6.10 Å². The highest BCUT2D eigenvalue weighted by Gasteiger charge is 2.16. The summed E-state index contributed by atoms with van der Waals surface area (Å²) in [5, 5.41) is 0. The molecule has 0 spiro atoms. The Balaban J connectivity index is 2.35. The molecule has 1 heterocycles. The number of amides is 1. The second-order valence-corrected chi connectivity index (χ2v) is 2.61. The average Bonchev–Trinajstić information content (AvgIpc) is 2.12. The lowest BCUT2D eigenvalue weighted by atomic mass is 10.1. The fourth-order valence-corrected chi connectivity index (χ4v) is 1.14. The zero-order valence-electron chi connectivity index (χ0n) is 6.01. The Morgan fingerprint density at radius 2 is 2.20 bits per heavy atom. The SMILES string of the molecule is NC(=O)C1CCCCCO1. The lowest BCUT2D eigenvalue weighted by Crippen LogP contribution is -2.30. The first-order valence-corrected chi connectivity index (χ1v) is 3.71. The van der Waals surface area contributed by atoms with Crippen LogP contribution in [0.4, 0.5) is 0 Å². The maximum atomic E-state index is 10.6. The van der Waals surface area contributed by atoms with Crippen molar-refractivity contribution in [1.29, 1.82) is 0 Å². The molecule has 1 amide bonds. The van der Waals surface area contributed by atoms with Gasteiger partial charge >= 0.3 is 0 Å². The van der Waals surface area contributed by atoms with E-state index in [1.54, 1.807) is 0 Å². The minimum atomic E-state index is -0.318. The lowest BCUT2D eigenvalue weighted by Gasteiger charge is -2.08. The van der Waals surface area contributed by atoms with E-state index in [1.165, 1.54) is 0 Å². The van der Waals surface area contributed by atoms with E-state index < -0.39 is 0 Å². The minimum absolute atomic E-state index is 0.317. The zero-order valence-corrected chi connectivity index (χ0v) is 6.01. The fourth-order valence-electron chi connectivity index (χ4n) is 1.14. The van der Waals surface area contributed by atoms with Crippen molar-refractivity contribution in [2.75, 3.05) is 6.61 Å². The van der Waals surface area contributed by atoms with Gasteiger partial charge in [-0.25, -0.2) is 0 Å². The second kappa shape index (κ2) is 3.56. The summed E-state index contributed by atoms with van der Waals surface area (Å²) in [4.78, 5) is 10.6. The van der Waals surface area contributed by atoms with Gasteiger partial charge in [0.05, 0.1) is 0 Å². The van der Waals surface area contributed by atoms with Crippen molar-refractivity contribution in [2.45, 2.75) is 31.8 Å². The number of nitrogens with two attached hydrogens (primary N) is 1. The molecule has 3 heteroatoms. The first kappa shape index (κ1) is 7.54. The summed E-state index contributed by atoms with van der Waals surface area (Å²) in [7, 11) is 0. The molecule has 10 heavy (non-hydrogen) atoms. The first-order valence-electron chi connectivity index (χ1n) is 3.71. The van der Waals surface area contributed by atoms with Gasteiger partial charge in [0, 0.05) is 6.61 Å². The van der Waals surface area contributed by atoms with E-state index in [-0.39, 0.29) is 12.0 Å². The smallest absolute Gasteiger partial charge is 0.246 e. The predicted molar refractivity (Wildman–Crippen MR) is 37.4 cm³/mol. The van der Waals surface area contributed by atoms with Crippen molar-refractivity contribution in [1.82, 2.24) is 0 Å². The van der Waals surface area contributed by atoms with Crippen LogP contribution in [0.5, 0.6) is 0 Å². The molecule has 0 aromatic heterocycles. The Bertz CT molecular complexity index is 117. The van der Waals surface area contributed by atoms with E-state index in [2.05, 4.69) is 0 Å². The molecule has 3 nitrogen and oxygen atoms in total. The molecule has 1 aliphatic heterocycles. The topological polar surface area (TPSA) is 52.3 Å². The molecule has 0 radical (unpaired) electrons. The third kappa shape index (κ3) is 1.99. The summed E-state index contributed by atoms with van der Waals surface area (Å²) in [6.45, 7) is 0.688. The number of ether oxygens (including phenoxy) is 1. The molecule has 0 aromatic rings. The quantitative estimate of drug-likeness (QED) is 0.578. The molecule has 1 saturated heterocycles. The molecular formula is C7H13NO2. The van der Waals surface area contributed by atoms with Gasteiger partial charge in [0.15, 0.2) is 0 Å². The van der Waals surface area contributed by atoms with Crippen LogP contribution >= 0.6 is 0 Å². The van der Waals surface area contributed by atoms with Gasteiger partial charge in [0.25, 0.3) is 0 Å². The molecule has 1 aliphatic rings. The highest BCUT2D eigenvalue weighted by molar-refractivity contribution is 5.78. The molecule has 1 unspecified atom stereocenters. The molecule has 2 N–H and O–H groups in total. The largest absolute Gasteiger partial charge is 0.368 e. The Hall–Kier alpha value is -0.570. The monoisotopic (exact) mass is 143 g/mol. The lowest BCUT2D eigenvalue weighted by molar-refractivity contribution is -0.129. The number of carbonyl (C=O) groups excluding carboxylic acids is 1. The number of hydrogen-bond acceptors (Lipinski definition) is 2. The van der Waals surface area contributed by atoms with Crippen molar-refractivity contribution in [3.63, 3.8) is 0 Å². The van der Waals surface area contributed by atoms with Crippen molar-refractivity contribution >= 4 is 5.91 Å². The minimum Gasteiger partial charge on any atom is -0.368 e. The molecule has 0 aromatic carbocycles. The van der Waals surface area contributed by atoms with Crippen LogP contribution in [-0.4, -0.2) is 18.6 Å². The Morgan fingerprint density at radius 3 is 2.90 bits per heavy atom. The van der Waals surface area contributed by atoms with Gasteiger partial charge in [-0.05, 0) is 12.8 Å². The van der Waals surface area contributed by atoms with E-state index in [0.717, 1.165) is 25.7 Å². The third-order valence-electron chi connectivity index (χ3n) is 1.75. The molecule has 1 fully saturated rings. The van der Waals surface area contributed by atoms with E-state index >= 15 is 0 Å². The molecule has 0 bridgehead atoms. The normalized spacial score (nSPS) is 27.4. The van der Waals surface area contributed by atoms with Crippen LogP contribution in [0.1, 0.15) is 25.7 Å². The van der Waals surface area contributed by atoms with Crippen molar-refractivity contribution in [3.8, 4) is 0 Å². The van der Waals surface area contributed by atoms with Crippen LogP contribution in [0, 0.1) is 0 Å². The van der Waals surface area contributed by atoms with Crippen LogP contribution in [0.15, 0.2) is 0 Å². The predicted octanol–water partition coefficient (Wildman–Crippen LogP) is 0.431. The van der Waals surface area contributed by atoms with Crippen molar-refractivity contribution in [2.24, 2.45) is 5.73 Å². The Kier molecular flexibility index (Phi) is 2.68. The van der Waals surface area contributed by atoms with Crippen LogP contribution in [0.25, 0.3) is 0 Å². The Labute approximate surface area is 60.5 Å². The maximum Gasteiger partial charge on any atom is 0.246 e. The third-order valence-corrected chi connectivity index (χ3v) is 1.75. The van der Waals surface area contributed by atoms with E-state index in [9.17, 15) is 4.79 Å². The van der Waals surface area contributed by atoms with Crippen LogP contribution < -0.4 is 5.73 Å². The van der Waals surface area contributed by atoms with E-state index in [1.807, 2.05) is 0 Å². The second-order valence-electron chi connectivity index (χ2n) is 2.61. The van der Waals surface area contributed by atoms with Gasteiger partial charge in [0.2, 0.25) is 5.91 Å². The number of primary amides is 1. The zero-order chi connectivity index (χ0) is 7.40. The number of carbonyl (C=O) groups is 1. The van der Waals surface area contributed by atoms with Gasteiger partial charge < -0.3 is 10.5 Å². The van der Waals surface area contributed by atoms with E-state index in [0.29, 0.717) is 6.61 Å². The molecule has 58 valence electrons. The summed E-state index contributed by atoms with van der Waals surface area (Å²) in [6, 6.07) is 0. The van der Waals surface area contributed by atoms with Gasteiger partial charge in [-0.3, -0.25) is 4.79 Å². The number of hydrogen-bond donors (Lipinski definition) is 1. The highest BCUT2D eigenvalue weighted by atomic mass is 16.5. The Morgan fingerprint density at radius 1 is 1.40 bits per heavy atom. The van der Waals surface area contributed by atoms with Crippen LogP contribution in [-0.2, 0) is 9.53 Å². The fraction of sp³-hybridized carbons (Fsp3) is 0.857. The highest BCUT2D eigenvalue weighted by Crippen LogP contribution is 2.12.